The maximum absolute atomic E-state index is 12.1. The van der Waals surface area contributed by atoms with Crippen LogP contribution in [0.5, 0.6) is 0 Å². The Balaban J connectivity index is 2.12. The number of aliphatic hydroxyl groups is 1. The number of aromatic nitrogens is 2. The fourth-order valence-electron chi connectivity index (χ4n) is 2.71. The van der Waals surface area contributed by atoms with Gasteiger partial charge in [-0.25, -0.2) is 4.79 Å². The minimum atomic E-state index is -1.12. The normalized spacial score (nSPS) is 14.0. The fourth-order valence-corrected chi connectivity index (χ4v) is 2.71. The van der Waals surface area contributed by atoms with E-state index < -0.39 is 5.60 Å². The van der Waals surface area contributed by atoms with Crippen molar-refractivity contribution in [2.45, 2.75) is 32.9 Å². The van der Waals surface area contributed by atoms with Crippen molar-refractivity contribution in [2.75, 3.05) is 6.54 Å². The molecule has 0 amide bonds. The van der Waals surface area contributed by atoms with Crippen LogP contribution >= 0.6 is 0 Å². The lowest BCUT2D eigenvalue weighted by Gasteiger charge is -2.23. The highest BCUT2D eigenvalue weighted by Gasteiger charge is 2.27. The summed E-state index contributed by atoms with van der Waals surface area (Å²) < 4.78 is 7.88. The summed E-state index contributed by atoms with van der Waals surface area (Å²) in [5.41, 5.74) is -0.638. The van der Waals surface area contributed by atoms with Crippen molar-refractivity contribution < 1.29 is 9.52 Å². The molecule has 126 valence electrons. The lowest BCUT2D eigenvalue weighted by Crippen LogP contribution is -2.41. The van der Waals surface area contributed by atoms with Gasteiger partial charge in [0.15, 0.2) is 0 Å². The van der Waals surface area contributed by atoms with E-state index in [-0.39, 0.29) is 24.3 Å². The molecule has 0 fully saturated rings. The predicted octanol–water partition coefficient (Wildman–Crippen LogP) is 0.291. The van der Waals surface area contributed by atoms with Crippen molar-refractivity contribution in [2.24, 2.45) is 14.1 Å². The molecule has 2 rings (SSSR count). The molecule has 7 nitrogen and oxygen atoms in total. The summed E-state index contributed by atoms with van der Waals surface area (Å²) in [5.74, 6) is 1.41. The van der Waals surface area contributed by atoms with Crippen molar-refractivity contribution in [1.29, 1.82) is 0 Å². The van der Waals surface area contributed by atoms with E-state index in [2.05, 4.69) is 5.32 Å². The average molecular weight is 321 g/mol. The minimum Gasteiger partial charge on any atom is -0.466 e. The second kappa shape index (κ2) is 6.17. The van der Waals surface area contributed by atoms with E-state index in [1.807, 2.05) is 13.0 Å². The van der Waals surface area contributed by atoms with Crippen LogP contribution in [0.15, 0.2) is 26.3 Å². The Bertz CT molecular complexity index is 827. The highest BCUT2D eigenvalue weighted by molar-refractivity contribution is 5.26. The minimum absolute atomic E-state index is 0.249. The molecule has 7 heteroatoms. The summed E-state index contributed by atoms with van der Waals surface area (Å²) in [6.45, 7) is 5.83. The predicted molar refractivity (Wildman–Crippen MR) is 86.4 cm³/mol. The van der Waals surface area contributed by atoms with Crippen molar-refractivity contribution in [3.63, 3.8) is 0 Å². The van der Waals surface area contributed by atoms with Crippen molar-refractivity contribution in [3.8, 4) is 0 Å². The van der Waals surface area contributed by atoms with Gasteiger partial charge in [0.05, 0.1) is 0 Å². The van der Waals surface area contributed by atoms with Gasteiger partial charge in [-0.1, -0.05) is 0 Å². The van der Waals surface area contributed by atoms with Gasteiger partial charge in [0.2, 0.25) is 0 Å². The third-order valence-electron chi connectivity index (χ3n) is 3.92. The van der Waals surface area contributed by atoms with E-state index >= 15 is 0 Å². The Hall–Kier alpha value is -2.12. The summed E-state index contributed by atoms with van der Waals surface area (Å²) in [5, 5.41) is 13.7. The molecule has 0 aromatic carbocycles. The highest BCUT2D eigenvalue weighted by Crippen LogP contribution is 2.26. The fraction of sp³-hybridized carbons (Fsp3) is 0.500. The van der Waals surface area contributed by atoms with E-state index in [4.69, 9.17) is 4.42 Å². The molecular weight excluding hydrogens is 298 g/mol. The molecule has 2 aromatic heterocycles. The smallest absolute Gasteiger partial charge is 0.330 e. The Morgan fingerprint density at radius 1 is 1.30 bits per heavy atom. The first kappa shape index (κ1) is 17.2. The quantitative estimate of drug-likeness (QED) is 0.826. The van der Waals surface area contributed by atoms with Gasteiger partial charge < -0.3 is 19.4 Å². The summed E-state index contributed by atoms with van der Waals surface area (Å²) in [4.78, 5) is 23.7. The second-order valence-corrected chi connectivity index (χ2v) is 6.12. The van der Waals surface area contributed by atoms with Crippen LogP contribution in [0.3, 0.4) is 0 Å². The van der Waals surface area contributed by atoms with Crippen LogP contribution in [-0.2, 0) is 26.2 Å². The van der Waals surface area contributed by atoms with Gasteiger partial charge in [0, 0.05) is 44.5 Å². The van der Waals surface area contributed by atoms with Gasteiger partial charge in [0.1, 0.15) is 17.1 Å². The zero-order valence-corrected chi connectivity index (χ0v) is 14.1. The number of hydrogen-bond acceptors (Lipinski definition) is 5. The molecule has 23 heavy (non-hydrogen) atoms. The lowest BCUT2D eigenvalue weighted by atomic mass is 9.96. The van der Waals surface area contributed by atoms with E-state index in [9.17, 15) is 14.7 Å². The number of furan rings is 1. The third-order valence-corrected chi connectivity index (χ3v) is 3.92. The highest BCUT2D eigenvalue weighted by atomic mass is 16.3. The molecule has 0 radical (unpaired) electrons. The zero-order valence-electron chi connectivity index (χ0n) is 14.1. The largest absolute Gasteiger partial charge is 0.466 e. The van der Waals surface area contributed by atoms with Gasteiger partial charge in [-0.3, -0.25) is 9.36 Å². The van der Waals surface area contributed by atoms with Crippen molar-refractivity contribution in [1.82, 2.24) is 14.5 Å². The summed E-state index contributed by atoms with van der Waals surface area (Å²) in [6.07, 6.45) is 1.51. The molecular formula is C16H23N3O4. The molecule has 1 atom stereocenters. The standard InChI is InChI=1S/C16H23N3O4/c1-10-6-13(11(2)23-10)16(3,22)9-17-7-12-8-18(4)15(21)19(5)14(12)20/h6,8,17,22H,7,9H2,1-5H3. The first-order valence-electron chi connectivity index (χ1n) is 7.39. The lowest BCUT2D eigenvalue weighted by molar-refractivity contribution is 0.0551. The van der Waals surface area contributed by atoms with Crippen molar-refractivity contribution in [3.05, 3.63) is 55.7 Å². The second-order valence-electron chi connectivity index (χ2n) is 6.12. The topological polar surface area (TPSA) is 89.4 Å². The molecule has 2 N–H and O–H groups in total. The van der Waals surface area contributed by atoms with Crippen molar-refractivity contribution >= 4 is 0 Å². The monoisotopic (exact) mass is 321 g/mol. The molecule has 0 aliphatic carbocycles. The molecule has 0 saturated carbocycles. The summed E-state index contributed by atoms with van der Waals surface area (Å²) >= 11 is 0. The Kier molecular flexibility index (Phi) is 4.63. The maximum Gasteiger partial charge on any atom is 0.330 e. The summed E-state index contributed by atoms with van der Waals surface area (Å²) in [6, 6.07) is 1.81. The van der Waals surface area contributed by atoms with Crippen LogP contribution in [0.2, 0.25) is 0 Å². The molecule has 0 bridgehead atoms. The van der Waals surface area contributed by atoms with E-state index in [0.29, 0.717) is 11.3 Å². The van der Waals surface area contributed by atoms with Crippen LogP contribution in [0, 0.1) is 13.8 Å². The zero-order chi connectivity index (χ0) is 17.4. The Morgan fingerprint density at radius 2 is 1.96 bits per heavy atom. The number of rotatable bonds is 5. The van der Waals surface area contributed by atoms with Gasteiger partial charge >= 0.3 is 5.69 Å². The van der Waals surface area contributed by atoms with Crippen LogP contribution < -0.4 is 16.6 Å². The van der Waals surface area contributed by atoms with Crippen LogP contribution in [0.4, 0.5) is 0 Å². The van der Waals surface area contributed by atoms with Gasteiger partial charge in [-0.15, -0.1) is 0 Å². The molecule has 0 saturated heterocycles. The molecule has 0 aliphatic rings. The SMILES string of the molecule is Cc1cc(C(C)(O)CNCc2cn(C)c(=O)n(C)c2=O)c(C)o1. The Labute approximate surface area is 134 Å². The van der Waals surface area contributed by atoms with E-state index in [0.717, 1.165) is 15.9 Å². The Morgan fingerprint density at radius 3 is 2.52 bits per heavy atom. The number of nitrogens with one attached hydrogen (secondary N) is 1. The van der Waals surface area contributed by atoms with Crippen LogP contribution in [0.1, 0.15) is 29.6 Å². The maximum atomic E-state index is 12.1. The first-order chi connectivity index (χ1) is 10.6. The molecule has 1 unspecified atom stereocenters. The molecule has 0 spiro atoms. The molecule has 2 heterocycles. The first-order valence-corrected chi connectivity index (χ1v) is 7.39. The average Bonchev–Trinajstić information content (AvgIpc) is 2.81. The number of nitrogens with zero attached hydrogens (tertiary/aromatic N) is 2. The van der Waals surface area contributed by atoms with Gasteiger partial charge in [-0.05, 0) is 26.8 Å². The van der Waals surface area contributed by atoms with E-state index in [1.54, 1.807) is 20.9 Å². The van der Waals surface area contributed by atoms with Gasteiger partial charge in [-0.2, -0.15) is 0 Å². The number of hydrogen-bond donors (Lipinski definition) is 2. The van der Waals surface area contributed by atoms with E-state index in [1.165, 1.54) is 17.8 Å². The van der Waals surface area contributed by atoms with Crippen LogP contribution in [-0.4, -0.2) is 20.8 Å². The molecule has 2 aromatic rings. The molecule has 0 aliphatic heterocycles. The number of aryl methyl sites for hydroxylation is 3. The van der Waals surface area contributed by atoms with Crippen LogP contribution in [0.25, 0.3) is 0 Å². The third kappa shape index (κ3) is 3.46. The van der Waals surface area contributed by atoms with Gasteiger partial charge in [0.25, 0.3) is 5.56 Å². The summed E-state index contributed by atoms with van der Waals surface area (Å²) in [7, 11) is 3.04.